The van der Waals surface area contributed by atoms with E-state index in [2.05, 4.69) is 5.32 Å². The maximum absolute atomic E-state index is 12.6. The highest BCUT2D eigenvalue weighted by molar-refractivity contribution is 7.96. The van der Waals surface area contributed by atoms with Gasteiger partial charge in [-0.1, -0.05) is 13.8 Å². The van der Waals surface area contributed by atoms with Gasteiger partial charge >= 0.3 is 0 Å². The molecule has 1 aromatic rings. The van der Waals surface area contributed by atoms with Crippen molar-refractivity contribution < 1.29 is 16.8 Å². The Morgan fingerprint density at radius 1 is 1.50 bits per heavy atom. The number of rotatable bonds is 4. The molecule has 114 valence electrons. The Hall–Kier alpha value is -0.480. The van der Waals surface area contributed by atoms with E-state index in [1.165, 1.54) is 6.07 Å². The highest BCUT2D eigenvalue weighted by Gasteiger charge is 2.49. The number of sulfonamides is 1. The molecule has 20 heavy (non-hydrogen) atoms. The second-order valence-corrected chi connectivity index (χ2v) is 11.1. The second-order valence-electron chi connectivity index (χ2n) is 5.59. The van der Waals surface area contributed by atoms with Crippen molar-refractivity contribution in [3.63, 3.8) is 0 Å². The van der Waals surface area contributed by atoms with Crippen LogP contribution in [-0.4, -0.2) is 34.2 Å². The summed E-state index contributed by atoms with van der Waals surface area (Å²) < 4.78 is 46.9. The lowest BCUT2D eigenvalue weighted by Crippen LogP contribution is -2.45. The first kappa shape index (κ1) is 15.9. The summed E-state index contributed by atoms with van der Waals surface area (Å²) >= 11 is 0.744. The highest BCUT2D eigenvalue weighted by Crippen LogP contribution is 2.44. The average molecular weight is 338 g/mol. The maximum atomic E-state index is 12.6. The molecule has 0 saturated heterocycles. The minimum absolute atomic E-state index is 0.0926. The van der Waals surface area contributed by atoms with Crippen molar-refractivity contribution in [2.45, 2.75) is 46.4 Å². The summed E-state index contributed by atoms with van der Waals surface area (Å²) in [6, 6.07) is 1.56. The average Bonchev–Trinajstić information content (AvgIpc) is 2.76. The molecule has 0 amide bonds. The smallest absolute Gasteiger partial charge is 0.247 e. The SMILES string of the molecule is CC(C)NCC1(C)Cc2cc(S(N)(=O)=O)sc2S1(=O)=O. The number of nitrogens with two attached hydrogens (primary N) is 1. The molecule has 0 fully saturated rings. The van der Waals surface area contributed by atoms with Crippen LogP contribution in [0, 0.1) is 0 Å². The third-order valence-electron chi connectivity index (χ3n) is 3.37. The van der Waals surface area contributed by atoms with Crippen LogP contribution in [0.5, 0.6) is 0 Å². The van der Waals surface area contributed by atoms with Gasteiger partial charge in [0.15, 0.2) is 9.84 Å². The van der Waals surface area contributed by atoms with Gasteiger partial charge in [-0.25, -0.2) is 22.0 Å². The lowest BCUT2D eigenvalue weighted by Gasteiger charge is -2.24. The van der Waals surface area contributed by atoms with E-state index < -0.39 is 24.6 Å². The standard InChI is InChI=1S/C11H18N2O4S3/c1-7(2)13-6-11(3)5-8-4-9(20(12,16)17)18-10(8)19(11,14)15/h4,7,13H,5-6H2,1-3H3,(H2,12,16,17). The summed E-state index contributed by atoms with van der Waals surface area (Å²) in [5.74, 6) is 0. The van der Waals surface area contributed by atoms with Crippen LogP contribution in [0.4, 0.5) is 0 Å². The molecule has 6 nitrogen and oxygen atoms in total. The monoisotopic (exact) mass is 338 g/mol. The van der Waals surface area contributed by atoms with Gasteiger partial charge in [0.1, 0.15) is 8.42 Å². The normalized spacial score (nSPS) is 25.1. The fourth-order valence-electron chi connectivity index (χ4n) is 2.18. The first-order chi connectivity index (χ1) is 8.97. The summed E-state index contributed by atoms with van der Waals surface area (Å²) in [6.07, 6.45) is 0.302. The summed E-state index contributed by atoms with van der Waals surface area (Å²) in [7, 11) is -7.40. The van der Waals surface area contributed by atoms with Crippen molar-refractivity contribution in [2.75, 3.05) is 6.54 Å². The molecule has 9 heteroatoms. The van der Waals surface area contributed by atoms with Crippen molar-refractivity contribution in [2.24, 2.45) is 5.14 Å². The molecule has 0 spiro atoms. The van der Waals surface area contributed by atoms with Gasteiger partial charge in [-0.15, -0.1) is 11.3 Å². The zero-order valence-electron chi connectivity index (χ0n) is 11.5. The number of thiophene rings is 1. The van der Waals surface area contributed by atoms with E-state index in [4.69, 9.17) is 5.14 Å². The van der Waals surface area contributed by atoms with Crippen LogP contribution in [0.1, 0.15) is 26.3 Å². The van der Waals surface area contributed by atoms with E-state index in [0.29, 0.717) is 18.5 Å². The summed E-state index contributed by atoms with van der Waals surface area (Å²) in [4.78, 5) is 0. The van der Waals surface area contributed by atoms with E-state index in [1.807, 2.05) is 13.8 Å². The third-order valence-corrected chi connectivity index (χ3v) is 9.01. The minimum Gasteiger partial charge on any atom is -0.313 e. The van der Waals surface area contributed by atoms with Crippen molar-refractivity contribution in [1.29, 1.82) is 0 Å². The van der Waals surface area contributed by atoms with Gasteiger partial charge in [-0.3, -0.25) is 0 Å². The van der Waals surface area contributed by atoms with Gasteiger partial charge in [0.25, 0.3) is 0 Å². The minimum atomic E-state index is -3.86. The molecule has 2 rings (SSSR count). The molecule has 0 bridgehead atoms. The van der Waals surface area contributed by atoms with E-state index >= 15 is 0 Å². The Morgan fingerprint density at radius 2 is 2.10 bits per heavy atom. The number of hydrogen-bond donors (Lipinski definition) is 2. The molecule has 0 aliphatic carbocycles. The Bertz CT molecular complexity index is 734. The molecule has 0 aromatic carbocycles. The van der Waals surface area contributed by atoms with Crippen molar-refractivity contribution in [3.8, 4) is 0 Å². The van der Waals surface area contributed by atoms with Crippen LogP contribution in [-0.2, 0) is 26.3 Å². The van der Waals surface area contributed by atoms with Crippen molar-refractivity contribution >= 4 is 31.2 Å². The maximum Gasteiger partial charge on any atom is 0.247 e. The molecule has 1 atom stereocenters. The Kier molecular flexibility index (Phi) is 3.79. The van der Waals surface area contributed by atoms with Crippen LogP contribution >= 0.6 is 11.3 Å². The highest BCUT2D eigenvalue weighted by atomic mass is 32.3. The molecular formula is C11H18N2O4S3. The summed E-state index contributed by atoms with van der Waals surface area (Å²) in [5, 5.41) is 8.18. The molecule has 1 aromatic heterocycles. The number of fused-ring (bicyclic) bond motifs is 1. The van der Waals surface area contributed by atoms with Crippen molar-refractivity contribution in [1.82, 2.24) is 5.32 Å². The molecule has 1 aliphatic heterocycles. The van der Waals surface area contributed by atoms with Crippen molar-refractivity contribution in [3.05, 3.63) is 11.6 Å². The summed E-state index contributed by atoms with van der Waals surface area (Å²) in [5.41, 5.74) is 0.548. The van der Waals surface area contributed by atoms with E-state index in [9.17, 15) is 16.8 Å². The van der Waals surface area contributed by atoms with Crippen LogP contribution in [0.25, 0.3) is 0 Å². The lowest BCUT2D eigenvalue weighted by atomic mass is 10.0. The molecule has 3 N–H and O–H groups in total. The fraction of sp³-hybridized carbons (Fsp3) is 0.636. The Labute approximate surface area is 123 Å². The van der Waals surface area contributed by atoms with Gasteiger partial charge in [-0.05, 0) is 25.0 Å². The lowest BCUT2D eigenvalue weighted by molar-refractivity contribution is 0.481. The first-order valence-electron chi connectivity index (χ1n) is 6.11. The van der Waals surface area contributed by atoms with Gasteiger partial charge < -0.3 is 5.32 Å². The Balaban J connectivity index is 2.41. The van der Waals surface area contributed by atoms with Crippen LogP contribution < -0.4 is 10.5 Å². The van der Waals surface area contributed by atoms with E-state index in [-0.39, 0.29) is 14.5 Å². The fourth-order valence-corrected chi connectivity index (χ4v) is 6.86. The predicted octanol–water partition coefficient (Wildman–Crippen LogP) is 0.482. The van der Waals surface area contributed by atoms with Gasteiger partial charge in [0, 0.05) is 12.6 Å². The summed E-state index contributed by atoms with van der Waals surface area (Å²) in [6.45, 7) is 5.90. The van der Waals surface area contributed by atoms with Crippen LogP contribution in [0.15, 0.2) is 14.5 Å². The van der Waals surface area contributed by atoms with Gasteiger partial charge in [0.05, 0.1) is 4.75 Å². The third kappa shape index (κ3) is 2.52. The van der Waals surface area contributed by atoms with Crippen LogP contribution in [0.2, 0.25) is 0 Å². The molecule has 2 heterocycles. The predicted molar refractivity (Wildman–Crippen MR) is 78.1 cm³/mol. The zero-order valence-corrected chi connectivity index (χ0v) is 14.0. The molecule has 0 radical (unpaired) electrons. The number of sulfone groups is 1. The quantitative estimate of drug-likeness (QED) is 0.830. The number of hydrogen-bond acceptors (Lipinski definition) is 6. The van der Waals surface area contributed by atoms with Gasteiger partial charge in [-0.2, -0.15) is 0 Å². The number of nitrogens with one attached hydrogen (secondary N) is 1. The molecular weight excluding hydrogens is 320 g/mol. The number of primary sulfonamides is 1. The first-order valence-corrected chi connectivity index (χ1v) is 9.95. The zero-order chi connectivity index (χ0) is 15.3. The topological polar surface area (TPSA) is 106 Å². The Morgan fingerprint density at radius 3 is 2.55 bits per heavy atom. The van der Waals surface area contributed by atoms with E-state index in [0.717, 1.165) is 11.3 Å². The van der Waals surface area contributed by atoms with Gasteiger partial charge in [0.2, 0.25) is 10.0 Å². The second kappa shape index (κ2) is 4.77. The van der Waals surface area contributed by atoms with E-state index in [1.54, 1.807) is 6.92 Å². The van der Waals surface area contributed by atoms with Crippen LogP contribution in [0.3, 0.4) is 0 Å². The molecule has 1 unspecified atom stereocenters. The molecule has 0 saturated carbocycles. The largest absolute Gasteiger partial charge is 0.313 e. The molecule has 1 aliphatic rings.